The molecule has 0 aromatic heterocycles. The average molecular weight is 311 g/mol. The van der Waals surface area contributed by atoms with E-state index in [-0.39, 0.29) is 18.3 Å². The lowest BCUT2D eigenvalue weighted by molar-refractivity contribution is -0.122. The molecule has 0 amide bonds. The van der Waals surface area contributed by atoms with Crippen LogP contribution in [0.4, 0.5) is 4.39 Å². The number of carboxylic acid groups (broad SMARTS) is 1. The number of alkyl halides is 1. The van der Waals surface area contributed by atoms with Gasteiger partial charge in [-0.25, -0.2) is 4.39 Å². The van der Waals surface area contributed by atoms with E-state index in [9.17, 15) is 4.39 Å². The maximum absolute atomic E-state index is 12.4. The van der Waals surface area contributed by atoms with Crippen LogP contribution in [0.1, 0.15) is 11.6 Å². The molecule has 5 heteroatoms. The first kappa shape index (κ1) is 13.3. The first-order valence-electron chi connectivity index (χ1n) is 3.80. The molecule has 1 rings (SSSR count). The summed E-state index contributed by atoms with van der Waals surface area (Å²) in [6.45, 7) is -0.250. The summed E-state index contributed by atoms with van der Waals surface area (Å²) in [6.07, 6.45) is 0. The molecule has 0 spiro atoms. The standard InChI is InChI=1S/C8H9FIN.CH2O2/c9-7-3-1-6(2-4-7)8(11)5-10;2-1-3/h1-4,8H,5,11H2;1H,(H,2,3). The van der Waals surface area contributed by atoms with Crippen LogP contribution < -0.4 is 5.73 Å². The van der Waals surface area contributed by atoms with Gasteiger partial charge in [-0.3, -0.25) is 4.79 Å². The van der Waals surface area contributed by atoms with Crippen molar-refractivity contribution in [1.82, 2.24) is 0 Å². The maximum atomic E-state index is 12.4. The van der Waals surface area contributed by atoms with Gasteiger partial charge in [0.25, 0.3) is 6.47 Å². The van der Waals surface area contributed by atoms with Crippen LogP contribution in [-0.4, -0.2) is 16.0 Å². The zero-order valence-electron chi connectivity index (χ0n) is 7.36. The molecule has 0 heterocycles. The van der Waals surface area contributed by atoms with Gasteiger partial charge < -0.3 is 10.8 Å². The Hall–Kier alpha value is -0.690. The first-order valence-corrected chi connectivity index (χ1v) is 5.33. The molecule has 1 unspecified atom stereocenters. The van der Waals surface area contributed by atoms with Crippen molar-refractivity contribution in [1.29, 1.82) is 0 Å². The molecule has 1 atom stereocenters. The van der Waals surface area contributed by atoms with Crippen molar-refractivity contribution < 1.29 is 14.3 Å². The Kier molecular flexibility index (Phi) is 7.31. The van der Waals surface area contributed by atoms with Crippen LogP contribution in [0.3, 0.4) is 0 Å². The number of rotatable bonds is 2. The highest BCUT2D eigenvalue weighted by Gasteiger charge is 2.02. The minimum Gasteiger partial charge on any atom is -0.483 e. The van der Waals surface area contributed by atoms with Crippen LogP contribution in [0.2, 0.25) is 0 Å². The van der Waals surface area contributed by atoms with Crippen molar-refractivity contribution in [3.05, 3.63) is 35.6 Å². The zero-order chi connectivity index (χ0) is 11.0. The molecule has 0 radical (unpaired) electrons. The number of hydrogen-bond acceptors (Lipinski definition) is 2. The fourth-order valence-corrected chi connectivity index (χ4v) is 1.31. The second kappa shape index (κ2) is 7.69. The number of halogens is 2. The van der Waals surface area contributed by atoms with Gasteiger partial charge in [-0.05, 0) is 17.7 Å². The number of carbonyl (C=O) groups is 1. The van der Waals surface area contributed by atoms with Crippen molar-refractivity contribution in [2.45, 2.75) is 6.04 Å². The van der Waals surface area contributed by atoms with Gasteiger partial charge in [0.2, 0.25) is 0 Å². The molecular formula is C9H11FINO2. The topological polar surface area (TPSA) is 63.3 Å². The summed E-state index contributed by atoms with van der Waals surface area (Å²) in [5.41, 5.74) is 6.70. The van der Waals surface area contributed by atoms with Gasteiger partial charge in [-0.2, -0.15) is 0 Å². The molecule has 14 heavy (non-hydrogen) atoms. The van der Waals surface area contributed by atoms with E-state index in [1.54, 1.807) is 12.1 Å². The van der Waals surface area contributed by atoms with Crippen molar-refractivity contribution in [2.24, 2.45) is 5.73 Å². The van der Waals surface area contributed by atoms with E-state index >= 15 is 0 Å². The normalized spacial score (nSPS) is 11.1. The lowest BCUT2D eigenvalue weighted by Gasteiger charge is -2.06. The summed E-state index contributed by atoms with van der Waals surface area (Å²) in [5, 5.41) is 6.89. The average Bonchev–Trinajstić information content (AvgIpc) is 2.19. The van der Waals surface area contributed by atoms with Crippen molar-refractivity contribution in [3.8, 4) is 0 Å². The largest absolute Gasteiger partial charge is 0.483 e. The second-order valence-corrected chi connectivity index (χ2v) is 3.30. The van der Waals surface area contributed by atoms with E-state index in [0.717, 1.165) is 9.99 Å². The van der Waals surface area contributed by atoms with E-state index in [0.29, 0.717) is 0 Å². The fourth-order valence-electron chi connectivity index (χ4n) is 0.799. The number of hydrogen-bond donors (Lipinski definition) is 2. The van der Waals surface area contributed by atoms with Gasteiger partial charge in [0.15, 0.2) is 0 Å². The molecule has 0 bridgehead atoms. The molecule has 0 saturated heterocycles. The van der Waals surface area contributed by atoms with Gasteiger partial charge in [0, 0.05) is 10.5 Å². The Labute approximate surface area is 95.3 Å². The number of nitrogens with two attached hydrogens (primary N) is 1. The molecule has 1 aromatic carbocycles. The van der Waals surface area contributed by atoms with Crippen LogP contribution in [0, 0.1) is 5.82 Å². The van der Waals surface area contributed by atoms with Gasteiger partial charge >= 0.3 is 0 Å². The summed E-state index contributed by atoms with van der Waals surface area (Å²) in [6, 6.07) is 6.33. The Balaban J connectivity index is 0.000000500. The summed E-state index contributed by atoms with van der Waals surface area (Å²) < 4.78 is 13.3. The van der Waals surface area contributed by atoms with Crippen LogP contribution >= 0.6 is 22.6 Å². The lowest BCUT2D eigenvalue weighted by Crippen LogP contribution is -2.10. The molecule has 1 aromatic rings. The Morgan fingerprint density at radius 1 is 1.50 bits per heavy atom. The minimum absolute atomic E-state index is 0.0243. The molecule has 0 fully saturated rings. The predicted octanol–water partition coefficient (Wildman–Crippen LogP) is 1.96. The Bertz CT molecular complexity index is 266. The van der Waals surface area contributed by atoms with Gasteiger partial charge in [-0.1, -0.05) is 34.7 Å². The third-order valence-corrected chi connectivity index (χ3v) is 2.41. The molecule has 3 N–H and O–H groups in total. The van der Waals surface area contributed by atoms with Crippen LogP contribution in [0.15, 0.2) is 24.3 Å². The third-order valence-electron chi connectivity index (χ3n) is 1.46. The van der Waals surface area contributed by atoms with Crippen LogP contribution in [-0.2, 0) is 4.79 Å². The molecule has 78 valence electrons. The third kappa shape index (κ3) is 5.13. The maximum Gasteiger partial charge on any atom is 0.290 e. The Morgan fingerprint density at radius 3 is 2.29 bits per heavy atom. The molecule has 0 aliphatic carbocycles. The van der Waals surface area contributed by atoms with E-state index < -0.39 is 0 Å². The van der Waals surface area contributed by atoms with Crippen LogP contribution in [0.5, 0.6) is 0 Å². The minimum atomic E-state index is -0.250. The van der Waals surface area contributed by atoms with Crippen molar-refractivity contribution >= 4 is 29.1 Å². The highest BCUT2D eigenvalue weighted by Crippen LogP contribution is 2.12. The van der Waals surface area contributed by atoms with Gasteiger partial charge in [0.1, 0.15) is 5.82 Å². The highest BCUT2D eigenvalue weighted by atomic mass is 127. The summed E-state index contributed by atoms with van der Waals surface area (Å²) in [7, 11) is 0. The number of benzene rings is 1. The quantitative estimate of drug-likeness (QED) is 0.498. The first-order chi connectivity index (χ1) is 6.65. The van der Waals surface area contributed by atoms with E-state index in [2.05, 4.69) is 22.6 Å². The molecule has 0 saturated carbocycles. The van der Waals surface area contributed by atoms with E-state index in [4.69, 9.17) is 15.6 Å². The monoisotopic (exact) mass is 311 g/mol. The molecule has 3 nitrogen and oxygen atoms in total. The van der Waals surface area contributed by atoms with Crippen molar-refractivity contribution in [3.63, 3.8) is 0 Å². The lowest BCUT2D eigenvalue weighted by atomic mass is 10.1. The summed E-state index contributed by atoms with van der Waals surface area (Å²) in [4.78, 5) is 8.36. The molecular weight excluding hydrogens is 300 g/mol. The van der Waals surface area contributed by atoms with E-state index in [1.807, 2.05) is 0 Å². The SMILES string of the molecule is NC(CI)c1ccc(F)cc1.O=CO. The summed E-state index contributed by atoms with van der Waals surface area (Å²) >= 11 is 2.21. The molecule has 0 aliphatic rings. The fraction of sp³-hybridized carbons (Fsp3) is 0.222. The van der Waals surface area contributed by atoms with E-state index in [1.165, 1.54) is 12.1 Å². The highest BCUT2D eigenvalue weighted by molar-refractivity contribution is 14.1. The van der Waals surface area contributed by atoms with Gasteiger partial charge in [0.05, 0.1) is 0 Å². The zero-order valence-corrected chi connectivity index (χ0v) is 9.52. The second-order valence-electron chi connectivity index (χ2n) is 2.42. The summed E-state index contributed by atoms with van der Waals surface area (Å²) in [5.74, 6) is -0.214. The molecule has 0 aliphatic heterocycles. The van der Waals surface area contributed by atoms with Crippen LogP contribution in [0.25, 0.3) is 0 Å². The smallest absolute Gasteiger partial charge is 0.290 e. The van der Waals surface area contributed by atoms with Gasteiger partial charge in [-0.15, -0.1) is 0 Å². The Morgan fingerprint density at radius 2 is 1.93 bits per heavy atom. The predicted molar refractivity (Wildman–Crippen MR) is 60.9 cm³/mol. The van der Waals surface area contributed by atoms with Crippen molar-refractivity contribution in [2.75, 3.05) is 4.43 Å².